The third kappa shape index (κ3) is 4.71. The summed E-state index contributed by atoms with van der Waals surface area (Å²) in [5, 5.41) is 6.70. The van der Waals surface area contributed by atoms with Gasteiger partial charge in [0.1, 0.15) is 6.04 Å². The van der Waals surface area contributed by atoms with Crippen molar-refractivity contribution in [3.05, 3.63) is 52.6 Å². The zero-order valence-electron chi connectivity index (χ0n) is 19.2. The zero-order valence-corrected chi connectivity index (χ0v) is 20.0. The molecule has 2 aromatic rings. The molecule has 2 aliphatic heterocycles. The second-order valence-corrected chi connectivity index (χ2v) is 9.98. The topological polar surface area (TPSA) is 90.1 Å². The van der Waals surface area contributed by atoms with Gasteiger partial charge in [-0.3, -0.25) is 9.59 Å². The van der Waals surface area contributed by atoms with Crippen molar-refractivity contribution in [2.24, 2.45) is 0 Å². The number of aryl methyl sites for hydroxylation is 2. The Bertz CT molecular complexity index is 960. The molecular weight excluding hydrogens is 422 g/mol. The van der Waals surface area contributed by atoms with Gasteiger partial charge in [0.05, 0.1) is 17.6 Å². The van der Waals surface area contributed by atoms with E-state index in [9.17, 15) is 9.59 Å². The molecule has 0 saturated carbocycles. The maximum absolute atomic E-state index is 13.4. The molecule has 3 heterocycles. The minimum Gasteiger partial charge on any atom is -0.348 e. The lowest BCUT2D eigenvalue weighted by molar-refractivity contribution is -0.135. The van der Waals surface area contributed by atoms with Crippen molar-refractivity contribution in [3.8, 4) is 0 Å². The van der Waals surface area contributed by atoms with Crippen LogP contribution in [0.4, 0.5) is 0 Å². The number of imidazole rings is 1. The SMILES string of the molecule is CSCC[C@@H](NC(=O)c1cc(C)cc(C)c1)C(=O)N1CCC2(CC1)NCCc1[nH]cnc12. The van der Waals surface area contributed by atoms with Gasteiger partial charge < -0.3 is 20.5 Å². The Hall–Kier alpha value is -2.32. The molecular formula is C24H33N5O2S. The van der Waals surface area contributed by atoms with Crippen molar-refractivity contribution in [1.29, 1.82) is 0 Å². The molecule has 8 heteroatoms. The van der Waals surface area contributed by atoms with Crippen LogP contribution in [0.1, 0.15) is 52.1 Å². The van der Waals surface area contributed by atoms with Gasteiger partial charge in [-0.25, -0.2) is 4.98 Å². The average Bonchev–Trinajstić information content (AvgIpc) is 3.26. The molecule has 1 fully saturated rings. The maximum atomic E-state index is 13.4. The third-order valence-corrected chi connectivity index (χ3v) is 7.28. The van der Waals surface area contributed by atoms with Crippen LogP contribution in [-0.2, 0) is 16.8 Å². The minimum absolute atomic E-state index is 0.0182. The minimum atomic E-state index is -0.509. The van der Waals surface area contributed by atoms with Crippen molar-refractivity contribution in [2.75, 3.05) is 31.6 Å². The van der Waals surface area contributed by atoms with E-state index < -0.39 is 6.04 Å². The van der Waals surface area contributed by atoms with E-state index in [1.807, 2.05) is 43.2 Å². The Morgan fingerprint density at radius 1 is 1.22 bits per heavy atom. The van der Waals surface area contributed by atoms with Crippen LogP contribution in [0, 0.1) is 13.8 Å². The number of nitrogens with zero attached hydrogens (tertiary/aromatic N) is 2. The largest absolute Gasteiger partial charge is 0.348 e. The molecule has 2 aliphatic rings. The number of fused-ring (bicyclic) bond motifs is 2. The Balaban J connectivity index is 1.44. The highest BCUT2D eigenvalue weighted by atomic mass is 32.2. The summed E-state index contributed by atoms with van der Waals surface area (Å²) in [4.78, 5) is 36.2. The summed E-state index contributed by atoms with van der Waals surface area (Å²) in [7, 11) is 0. The number of hydrogen-bond acceptors (Lipinski definition) is 5. The van der Waals surface area contributed by atoms with Gasteiger partial charge in [-0.2, -0.15) is 11.8 Å². The van der Waals surface area contributed by atoms with Gasteiger partial charge in [0.2, 0.25) is 5.91 Å². The van der Waals surface area contributed by atoms with E-state index in [1.165, 1.54) is 5.69 Å². The van der Waals surface area contributed by atoms with Crippen molar-refractivity contribution >= 4 is 23.6 Å². The molecule has 1 spiro atoms. The van der Waals surface area contributed by atoms with E-state index >= 15 is 0 Å². The first kappa shape index (κ1) is 22.9. The number of hydrogen-bond donors (Lipinski definition) is 3. The van der Waals surface area contributed by atoms with Crippen LogP contribution in [-0.4, -0.2) is 64.4 Å². The number of piperidine rings is 1. The summed E-state index contributed by atoms with van der Waals surface area (Å²) in [6, 6.07) is 5.28. The van der Waals surface area contributed by atoms with E-state index in [0.717, 1.165) is 48.4 Å². The number of H-pyrrole nitrogens is 1. The molecule has 4 rings (SSSR count). The van der Waals surface area contributed by atoms with Gasteiger partial charge >= 0.3 is 0 Å². The highest BCUT2D eigenvalue weighted by molar-refractivity contribution is 7.98. The number of likely N-dealkylation sites (tertiary alicyclic amines) is 1. The molecule has 3 N–H and O–H groups in total. The summed E-state index contributed by atoms with van der Waals surface area (Å²) in [5.74, 6) is 0.656. The van der Waals surface area contributed by atoms with E-state index in [0.29, 0.717) is 25.1 Å². The standard InChI is InChI=1S/C24H33N5O2S/c1-16-12-17(2)14-18(13-16)22(30)28-20(5-11-32-3)23(31)29-9-6-24(7-10-29)21-19(4-8-27-24)25-15-26-21/h12-15,20,27H,4-11H2,1-3H3,(H,25,26)(H,28,30)/t20-/m1/s1. The van der Waals surface area contributed by atoms with Crippen molar-refractivity contribution in [3.63, 3.8) is 0 Å². The Kier molecular flexibility index (Phi) is 6.90. The first-order valence-corrected chi connectivity index (χ1v) is 12.8. The molecule has 2 amide bonds. The molecule has 1 aromatic heterocycles. The molecule has 0 unspecified atom stereocenters. The van der Waals surface area contributed by atoms with Crippen molar-refractivity contribution < 1.29 is 9.59 Å². The fourth-order valence-corrected chi connectivity index (χ4v) is 5.49. The normalized spacial score (nSPS) is 18.3. The molecule has 7 nitrogen and oxygen atoms in total. The first-order chi connectivity index (χ1) is 15.4. The van der Waals surface area contributed by atoms with Crippen LogP contribution in [0.3, 0.4) is 0 Å². The molecule has 0 radical (unpaired) electrons. The summed E-state index contributed by atoms with van der Waals surface area (Å²) in [5.41, 5.74) is 4.86. The van der Waals surface area contributed by atoms with Crippen LogP contribution in [0.15, 0.2) is 24.5 Å². The van der Waals surface area contributed by atoms with Crippen LogP contribution in [0.2, 0.25) is 0 Å². The van der Waals surface area contributed by atoms with Gasteiger partial charge in [-0.1, -0.05) is 17.2 Å². The van der Waals surface area contributed by atoms with Crippen LogP contribution in [0.25, 0.3) is 0 Å². The number of thioether (sulfide) groups is 1. The molecule has 1 atom stereocenters. The van der Waals surface area contributed by atoms with Crippen molar-refractivity contribution in [2.45, 2.75) is 51.1 Å². The number of carbonyl (C=O) groups excluding carboxylic acids is 2. The van der Waals surface area contributed by atoms with E-state index in [2.05, 4.69) is 20.6 Å². The van der Waals surface area contributed by atoms with Gasteiger partial charge in [0.15, 0.2) is 0 Å². The average molecular weight is 456 g/mol. The maximum Gasteiger partial charge on any atom is 0.251 e. The smallest absolute Gasteiger partial charge is 0.251 e. The van der Waals surface area contributed by atoms with Crippen molar-refractivity contribution in [1.82, 2.24) is 25.5 Å². The number of rotatable bonds is 6. The van der Waals surface area contributed by atoms with E-state index in [4.69, 9.17) is 0 Å². The molecule has 1 aromatic carbocycles. The van der Waals surface area contributed by atoms with Gasteiger partial charge in [0, 0.05) is 37.3 Å². The number of aromatic amines is 1. The number of benzene rings is 1. The fourth-order valence-electron chi connectivity index (χ4n) is 5.02. The first-order valence-electron chi connectivity index (χ1n) is 11.4. The lowest BCUT2D eigenvalue weighted by atomic mass is 9.80. The van der Waals surface area contributed by atoms with E-state index in [-0.39, 0.29) is 17.4 Å². The van der Waals surface area contributed by atoms with Gasteiger partial charge in [-0.05, 0) is 57.3 Å². The number of nitrogens with one attached hydrogen (secondary N) is 3. The highest BCUT2D eigenvalue weighted by Gasteiger charge is 2.42. The number of aromatic nitrogens is 2. The molecule has 172 valence electrons. The Morgan fingerprint density at radius 3 is 2.62 bits per heavy atom. The molecule has 32 heavy (non-hydrogen) atoms. The summed E-state index contributed by atoms with van der Waals surface area (Å²) < 4.78 is 0. The fraction of sp³-hybridized carbons (Fsp3) is 0.542. The number of amides is 2. The monoisotopic (exact) mass is 455 g/mol. The van der Waals surface area contributed by atoms with Crippen LogP contribution >= 0.6 is 11.8 Å². The van der Waals surface area contributed by atoms with Crippen LogP contribution in [0.5, 0.6) is 0 Å². The van der Waals surface area contributed by atoms with Gasteiger partial charge in [0.25, 0.3) is 5.91 Å². The highest BCUT2D eigenvalue weighted by Crippen LogP contribution is 2.36. The zero-order chi connectivity index (χ0) is 22.7. The second-order valence-electron chi connectivity index (χ2n) is 9.00. The molecule has 0 bridgehead atoms. The predicted molar refractivity (Wildman–Crippen MR) is 128 cm³/mol. The van der Waals surface area contributed by atoms with Gasteiger partial charge in [-0.15, -0.1) is 0 Å². The Morgan fingerprint density at radius 2 is 1.94 bits per heavy atom. The number of carbonyl (C=O) groups is 2. The lowest BCUT2D eigenvalue weighted by Gasteiger charge is -2.44. The summed E-state index contributed by atoms with van der Waals surface area (Å²) >= 11 is 1.69. The predicted octanol–water partition coefficient (Wildman–Crippen LogP) is 2.54. The van der Waals surface area contributed by atoms with E-state index in [1.54, 1.807) is 18.1 Å². The summed E-state index contributed by atoms with van der Waals surface area (Å²) in [6.07, 6.45) is 7.04. The molecule has 0 aliphatic carbocycles. The second kappa shape index (κ2) is 9.67. The quantitative estimate of drug-likeness (QED) is 0.623. The van der Waals surface area contributed by atoms with Crippen LogP contribution < -0.4 is 10.6 Å². The molecule has 1 saturated heterocycles. The lowest BCUT2D eigenvalue weighted by Crippen LogP contribution is -2.57. The summed E-state index contributed by atoms with van der Waals surface area (Å²) in [6.45, 7) is 6.20. The Labute approximate surface area is 194 Å². The third-order valence-electron chi connectivity index (χ3n) is 6.64.